The molecule has 0 aliphatic heterocycles. The largest absolute Gasteiger partial charge is 0.504 e. The van der Waals surface area contributed by atoms with E-state index >= 15 is 0 Å². The first kappa shape index (κ1) is 19.3. The van der Waals surface area contributed by atoms with E-state index in [4.69, 9.17) is 9.47 Å². The number of ether oxygens (including phenoxy) is 2. The highest BCUT2D eigenvalue weighted by atomic mass is 16.5. The van der Waals surface area contributed by atoms with E-state index in [0.717, 1.165) is 36.7 Å². The summed E-state index contributed by atoms with van der Waals surface area (Å²) in [5, 5.41) is 0. The fraction of sp³-hybridized carbons (Fsp3) is 0.913. The average Bonchev–Trinajstić information content (AvgIpc) is 2.68. The van der Waals surface area contributed by atoms with E-state index in [1.54, 1.807) is 7.11 Å². The first-order valence-corrected chi connectivity index (χ1v) is 11.1. The maximum Gasteiger partial charge on any atom is 0.0816 e. The minimum absolute atomic E-state index is 0.573. The molecule has 2 nitrogen and oxygen atoms in total. The van der Waals surface area contributed by atoms with Crippen LogP contribution in [0.4, 0.5) is 0 Å². The molecule has 0 spiro atoms. The first-order chi connectivity index (χ1) is 12.3. The molecule has 0 heterocycles. The maximum absolute atomic E-state index is 5.98. The van der Waals surface area contributed by atoms with Crippen molar-refractivity contribution in [2.75, 3.05) is 13.7 Å². The Hall–Kier alpha value is -0.500. The van der Waals surface area contributed by atoms with Crippen LogP contribution in [0.2, 0.25) is 0 Å². The lowest BCUT2D eigenvalue weighted by atomic mass is 9.66. The quantitative estimate of drug-likeness (QED) is 0.510. The van der Waals surface area contributed by atoms with Crippen LogP contribution < -0.4 is 0 Å². The molecule has 0 N–H and O–H groups in total. The van der Waals surface area contributed by atoms with Gasteiger partial charge in [-0.05, 0) is 113 Å². The van der Waals surface area contributed by atoms with E-state index in [1.807, 2.05) is 6.26 Å². The van der Waals surface area contributed by atoms with Crippen LogP contribution in [-0.2, 0) is 9.47 Å². The Morgan fingerprint density at radius 1 is 0.760 bits per heavy atom. The lowest BCUT2D eigenvalue weighted by Gasteiger charge is -2.40. The lowest BCUT2D eigenvalue weighted by Crippen LogP contribution is -2.30. The molecule has 3 fully saturated rings. The van der Waals surface area contributed by atoms with E-state index in [0.29, 0.717) is 6.10 Å². The topological polar surface area (TPSA) is 18.5 Å². The number of hydrogen-bond acceptors (Lipinski definition) is 2. The van der Waals surface area contributed by atoms with Gasteiger partial charge in [-0.1, -0.05) is 6.92 Å². The number of hydrogen-bond donors (Lipinski definition) is 0. The molecule has 0 atom stereocenters. The van der Waals surface area contributed by atoms with Crippen molar-refractivity contribution in [3.63, 3.8) is 0 Å². The standard InChI is InChI=1S/C23H40O2/c1-3-16-25-23-14-12-22(13-15-23)21-10-8-20(9-11-21)19-6-4-18(5-7-19)17-24-2/h17,19-23H,3-16H2,1-2H3. The molecule has 0 bridgehead atoms. The molecule has 0 aromatic rings. The van der Waals surface area contributed by atoms with E-state index in [2.05, 4.69) is 6.92 Å². The maximum atomic E-state index is 5.98. The molecule has 0 aromatic heterocycles. The second-order valence-corrected chi connectivity index (χ2v) is 8.93. The Balaban J connectivity index is 1.36. The van der Waals surface area contributed by atoms with Crippen molar-refractivity contribution in [2.45, 2.75) is 96.5 Å². The summed E-state index contributed by atoms with van der Waals surface area (Å²) < 4.78 is 11.2. The van der Waals surface area contributed by atoms with E-state index in [9.17, 15) is 0 Å². The van der Waals surface area contributed by atoms with Gasteiger partial charge in [0, 0.05) is 6.61 Å². The smallest absolute Gasteiger partial charge is 0.0816 e. The third kappa shape index (κ3) is 5.49. The average molecular weight is 349 g/mol. The molecule has 3 aliphatic rings. The second kappa shape index (κ2) is 10.00. The van der Waals surface area contributed by atoms with Gasteiger partial charge in [0.15, 0.2) is 0 Å². The van der Waals surface area contributed by atoms with Crippen LogP contribution in [0.15, 0.2) is 11.8 Å². The van der Waals surface area contributed by atoms with Crippen LogP contribution in [-0.4, -0.2) is 19.8 Å². The Morgan fingerprint density at radius 3 is 1.72 bits per heavy atom. The molecule has 2 heteroatoms. The zero-order valence-corrected chi connectivity index (χ0v) is 16.7. The molecule has 3 rings (SSSR count). The summed E-state index contributed by atoms with van der Waals surface area (Å²) in [5.74, 6) is 4.04. The van der Waals surface area contributed by atoms with E-state index in [-0.39, 0.29) is 0 Å². The highest BCUT2D eigenvalue weighted by Gasteiger charge is 2.34. The van der Waals surface area contributed by atoms with Crippen molar-refractivity contribution in [1.29, 1.82) is 0 Å². The van der Waals surface area contributed by atoms with Gasteiger partial charge in [-0.2, -0.15) is 0 Å². The van der Waals surface area contributed by atoms with Crippen LogP contribution in [0.5, 0.6) is 0 Å². The highest BCUT2D eigenvalue weighted by molar-refractivity contribution is 5.02. The minimum Gasteiger partial charge on any atom is -0.504 e. The van der Waals surface area contributed by atoms with Crippen molar-refractivity contribution in [3.8, 4) is 0 Å². The van der Waals surface area contributed by atoms with Gasteiger partial charge in [-0.25, -0.2) is 0 Å². The van der Waals surface area contributed by atoms with Crippen molar-refractivity contribution in [1.82, 2.24) is 0 Å². The third-order valence-electron chi connectivity index (χ3n) is 7.38. The summed E-state index contributed by atoms with van der Waals surface area (Å²) in [5.41, 5.74) is 1.54. The minimum atomic E-state index is 0.573. The molecule has 0 radical (unpaired) electrons. The summed E-state index contributed by atoms with van der Waals surface area (Å²) in [6.07, 6.45) is 20.6. The number of allylic oxidation sites excluding steroid dienone is 1. The van der Waals surface area contributed by atoms with Crippen molar-refractivity contribution >= 4 is 0 Å². The SMILES string of the molecule is CCCOC1CCC(C2CCC(C3CCC(=COC)CC3)CC2)CC1. The summed E-state index contributed by atoms with van der Waals surface area (Å²) in [7, 11) is 1.78. The van der Waals surface area contributed by atoms with Crippen molar-refractivity contribution < 1.29 is 9.47 Å². The van der Waals surface area contributed by atoms with Gasteiger partial charge in [-0.3, -0.25) is 0 Å². The predicted molar refractivity (Wildman–Crippen MR) is 104 cm³/mol. The molecule has 3 saturated carbocycles. The van der Waals surface area contributed by atoms with Gasteiger partial charge >= 0.3 is 0 Å². The fourth-order valence-corrected chi connectivity index (χ4v) is 5.87. The highest BCUT2D eigenvalue weighted by Crippen LogP contribution is 2.45. The number of methoxy groups -OCH3 is 1. The Bertz CT molecular complexity index is 390. The monoisotopic (exact) mass is 348 g/mol. The van der Waals surface area contributed by atoms with Crippen molar-refractivity contribution in [3.05, 3.63) is 11.8 Å². The lowest BCUT2D eigenvalue weighted by molar-refractivity contribution is 0.00606. The Morgan fingerprint density at radius 2 is 1.24 bits per heavy atom. The number of rotatable bonds is 6. The molecule has 0 amide bonds. The zero-order chi connectivity index (χ0) is 17.5. The molecule has 0 saturated heterocycles. The molecule has 0 unspecified atom stereocenters. The van der Waals surface area contributed by atoms with Gasteiger partial charge in [0.1, 0.15) is 0 Å². The summed E-state index contributed by atoms with van der Waals surface area (Å²) in [4.78, 5) is 0. The van der Waals surface area contributed by atoms with E-state index < -0.39 is 0 Å². The molecule has 144 valence electrons. The van der Waals surface area contributed by atoms with Crippen molar-refractivity contribution in [2.24, 2.45) is 23.7 Å². The normalized spacial score (nSPS) is 36.9. The second-order valence-electron chi connectivity index (χ2n) is 8.93. The first-order valence-electron chi connectivity index (χ1n) is 11.1. The molecule has 0 aromatic carbocycles. The molecular formula is C23H40O2. The van der Waals surface area contributed by atoms with Gasteiger partial charge in [0.05, 0.1) is 19.5 Å². The molecule has 25 heavy (non-hydrogen) atoms. The van der Waals surface area contributed by atoms with Crippen LogP contribution in [0.25, 0.3) is 0 Å². The van der Waals surface area contributed by atoms with Crippen LogP contribution in [0.3, 0.4) is 0 Å². The van der Waals surface area contributed by atoms with Gasteiger partial charge in [0.2, 0.25) is 0 Å². The summed E-state index contributed by atoms with van der Waals surface area (Å²) in [6, 6.07) is 0. The van der Waals surface area contributed by atoms with Crippen LogP contribution in [0, 0.1) is 23.7 Å². The summed E-state index contributed by atoms with van der Waals surface area (Å²) >= 11 is 0. The summed E-state index contributed by atoms with van der Waals surface area (Å²) in [6.45, 7) is 3.17. The molecule has 3 aliphatic carbocycles. The third-order valence-corrected chi connectivity index (χ3v) is 7.38. The Labute approximate surface area is 155 Å². The van der Waals surface area contributed by atoms with E-state index in [1.165, 1.54) is 82.6 Å². The van der Waals surface area contributed by atoms with Gasteiger partial charge < -0.3 is 9.47 Å². The fourth-order valence-electron chi connectivity index (χ4n) is 5.87. The Kier molecular flexibility index (Phi) is 7.70. The van der Waals surface area contributed by atoms with Crippen LogP contribution in [0.1, 0.15) is 90.4 Å². The molecular weight excluding hydrogens is 308 g/mol. The predicted octanol–water partition coefficient (Wildman–Crippen LogP) is 6.50. The van der Waals surface area contributed by atoms with Gasteiger partial charge in [-0.15, -0.1) is 0 Å². The van der Waals surface area contributed by atoms with Crippen LogP contribution >= 0.6 is 0 Å². The zero-order valence-electron chi connectivity index (χ0n) is 16.7. The van der Waals surface area contributed by atoms with Gasteiger partial charge in [0.25, 0.3) is 0 Å².